The van der Waals surface area contributed by atoms with E-state index in [-0.39, 0.29) is 0 Å². The Morgan fingerprint density at radius 2 is 2.00 bits per heavy atom. The summed E-state index contributed by atoms with van der Waals surface area (Å²) < 4.78 is 5.56. The molecule has 1 aliphatic rings. The first-order chi connectivity index (χ1) is 7.18. The SMILES string of the molecule is CCCOCCC1(CNCC(C)C)CC1. The van der Waals surface area contributed by atoms with Crippen molar-refractivity contribution >= 4 is 0 Å². The van der Waals surface area contributed by atoms with Crippen LogP contribution >= 0.6 is 0 Å². The lowest BCUT2D eigenvalue weighted by atomic mass is 10.0. The Labute approximate surface area is 94.8 Å². The van der Waals surface area contributed by atoms with Gasteiger partial charge in [0, 0.05) is 19.8 Å². The number of ether oxygens (including phenoxy) is 1. The summed E-state index contributed by atoms with van der Waals surface area (Å²) in [6, 6.07) is 0. The van der Waals surface area contributed by atoms with E-state index in [1.807, 2.05) is 0 Å². The van der Waals surface area contributed by atoms with Crippen molar-refractivity contribution in [1.82, 2.24) is 5.32 Å². The summed E-state index contributed by atoms with van der Waals surface area (Å²) in [6.45, 7) is 10.9. The highest BCUT2D eigenvalue weighted by atomic mass is 16.5. The topological polar surface area (TPSA) is 21.3 Å². The molecule has 2 nitrogen and oxygen atoms in total. The Morgan fingerprint density at radius 1 is 1.27 bits per heavy atom. The van der Waals surface area contributed by atoms with Gasteiger partial charge >= 0.3 is 0 Å². The molecule has 0 saturated heterocycles. The molecule has 0 atom stereocenters. The Balaban J connectivity index is 2.01. The van der Waals surface area contributed by atoms with Crippen LogP contribution < -0.4 is 5.32 Å². The Morgan fingerprint density at radius 3 is 2.53 bits per heavy atom. The molecule has 0 heterocycles. The summed E-state index contributed by atoms with van der Waals surface area (Å²) in [4.78, 5) is 0. The molecule has 0 aromatic carbocycles. The van der Waals surface area contributed by atoms with Crippen molar-refractivity contribution in [1.29, 1.82) is 0 Å². The van der Waals surface area contributed by atoms with Crippen molar-refractivity contribution in [3.8, 4) is 0 Å². The monoisotopic (exact) mass is 213 g/mol. The lowest BCUT2D eigenvalue weighted by molar-refractivity contribution is 0.116. The fraction of sp³-hybridized carbons (Fsp3) is 1.00. The largest absolute Gasteiger partial charge is 0.381 e. The second-order valence-corrected chi connectivity index (χ2v) is 5.39. The van der Waals surface area contributed by atoms with Gasteiger partial charge in [-0.3, -0.25) is 0 Å². The molecule has 15 heavy (non-hydrogen) atoms. The van der Waals surface area contributed by atoms with Crippen LogP contribution in [-0.2, 0) is 4.74 Å². The standard InChI is InChI=1S/C13H27NO/c1-4-8-15-9-7-13(5-6-13)11-14-10-12(2)3/h12,14H,4-11H2,1-3H3. The predicted octanol–water partition coefficient (Wildman–Crippen LogP) is 2.83. The fourth-order valence-electron chi connectivity index (χ4n) is 1.85. The van der Waals surface area contributed by atoms with Crippen LogP contribution in [0.1, 0.15) is 46.5 Å². The molecular formula is C13H27NO. The highest BCUT2D eigenvalue weighted by Gasteiger charge is 2.41. The second kappa shape index (κ2) is 6.49. The smallest absolute Gasteiger partial charge is 0.0471 e. The molecule has 0 spiro atoms. The van der Waals surface area contributed by atoms with E-state index in [0.717, 1.165) is 32.1 Å². The first-order valence-corrected chi connectivity index (χ1v) is 6.47. The molecule has 0 amide bonds. The van der Waals surface area contributed by atoms with Crippen molar-refractivity contribution in [2.24, 2.45) is 11.3 Å². The van der Waals surface area contributed by atoms with Gasteiger partial charge in [-0.15, -0.1) is 0 Å². The molecule has 0 aliphatic heterocycles. The van der Waals surface area contributed by atoms with Crippen LogP contribution in [-0.4, -0.2) is 26.3 Å². The molecule has 0 aromatic rings. The Kier molecular flexibility index (Phi) is 5.62. The fourth-order valence-corrected chi connectivity index (χ4v) is 1.85. The van der Waals surface area contributed by atoms with E-state index < -0.39 is 0 Å². The molecule has 1 fully saturated rings. The van der Waals surface area contributed by atoms with Gasteiger partial charge in [0.15, 0.2) is 0 Å². The van der Waals surface area contributed by atoms with Gasteiger partial charge < -0.3 is 10.1 Å². The number of hydrogen-bond donors (Lipinski definition) is 1. The van der Waals surface area contributed by atoms with Gasteiger partial charge in [-0.25, -0.2) is 0 Å². The van der Waals surface area contributed by atoms with Gasteiger partial charge in [0.05, 0.1) is 0 Å². The van der Waals surface area contributed by atoms with Gasteiger partial charge in [-0.2, -0.15) is 0 Å². The minimum absolute atomic E-state index is 0.600. The van der Waals surface area contributed by atoms with Gasteiger partial charge in [0.1, 0.15) is 0 Å². The van der Waals surface area contributed by atoms with Gasteiger partial charge in [0.2, 0.25) is 0 Å². The van der Waals surface area contributed by atoms with E-state index >= 15 is 0 Å². The quantitative estimate of drug-likeness (QED) is 0.595. The molecular weight excluding hydrogens is 186 g/mol. The summed E-state index contributed by atoms with van der Waals surface area (Å²) >= 11 is 0. The molecule has 0 unspecified atom stereocenters. The summed E-state index contributed by atoms with van der Waals surface area (Å²) in [5.74, 6) is 0.761. The lowest BCUT2D eigenvalue weighted by Crippen LogP contribution is -2.28. The highest BCUT2D eigenvalue weighted by Crippen LogP contribution is 2.48. The predicted molar refractivity (Wildman–Crippen MR) is 65.1 cm³/mol. The second-order valence-electron chi connectivity index (χ2n) is 5.39. The maximum atomic E-state index is 5.56. The zero-order valence-corrected chi connectivity index (χ0v) is 10.6. The van der Waals surface area contributed by atoms with Crippen LogP contribution in [0.5, 0.6) is 0 Å². The third-order valence-corrected chi connectivity index (χ3v) is 3.13. The van der Waals surface area contributed by atoms with E-state index in [4.69, 9.17) is 4.74 Å². The summed E-state index contributed by atoms with van der Waals surface area (Å²) in [5.41, 5.74) is 0.600. The van der Waals surface area contributed by atoms with Crippen LogP contribution in [0.4, 0.5) is 0 Å². The number of nitrogens with one attached hydrogen (secondary N) is 1. The number of hydrogen-bond acceptors (Lipinski definition) is 2. The van der Waals surface area contributed by atoms with Gasteiger partial charge in [-0.05, 0) is 43.6 Å². The van der Waals surface area contributed by atoms with E-state index in [0.29, 0.717) is 5.41 Å². The van der Waals surface area contributed by atoms with Crippen molar-refractivity contribution in [2.45, 2.75) is 46.5 Å². The first-order valence-electron chi connectivity index (χ1n) is 6.47. The summed E-state index contributed by atoms with van der Waals surface area (Å²) in [5, 5.41) is 3.57. The lowest BCUT2D eigenvalue weighted by Gasteiger charge is -2.17. The average Bonchev–Trinajstić information content (AvgIpc) is 2.93. The van der Waals surface area contributed by atoms with E-state index in [1.165, 1.54) is 25.8 Å². The zero-order chi connectivity index (χ0) is 11.1. The van der Waals surface area contributed by atoms with Crippen LogP contribution in [0.15, 0.2) is 0 Å². The normalized spacial score (nSPS) is 18.4. The van der Waals surface area contributed by atoms with Crippen molar-refractivity contribution in [3.63, 3.8) is 0 Å². The molecule has 2 heteroatoms. The molecule has 1 saturated carbocycles. The molecule has 1 N–H and O–H groups in total. The minimum Gasteiger partial charge on any atom is -0.381 e. The van der Waals surface area contributed by atoms with Crippen molar-refractivity contribution in [3.05, 3.63) is 0 Å². The zero-order valence-electron chi connectivity index (χ0n) is 10.6. The molecule has 90 valence electrons. The maximum absolute atomic E-state index is 5.56. The third kappa shape index (κ3) is 5.53. The van der Waals surface area contributed by atoms with Gasteiger partial charge in [-0.1, -0.05) is 20.8 Å². The molecule has 1 rings (SSSR count). The molecule has 0 radical (unpaired) electrons. The van der Waals surface area contributed by atoms with E-state index in [2.05, 4.69) is 26.1 Å². The highest BCUT2D eigenvalue weighted by molar-refractivity contribution is 4.94. The Bertz CT molecular complexity index is 164. The Hall–Kier alpha value is -0.0800. The van der Waals surface area contributed by atoms with Crippen molar-refractivity contribution in [2.75, 3.05) is 26.3 Å². The third-order valence-electron chi connectivity index (χ3n) is 3.13. The maximum Gasteiger partial charge on any atom is 0.0471 e. The van der Waals surface area contributed by atoms with Crippen LogP contribution in [0, 0.1) is 11.3 Å². The molecule has 0 bridgehead atoms. The summed E-state index contributed by atoms with van der Waals surface area (Å²) in [6.07, 6.45) is 5.18. The first kappa shape index (κ1) is 13.0. The van der Waals surface area contributed by atoms with E-state index in [1.54, 1.807) is 0 Å². The van der Waals surface area contributed by atoms with Crippen LogP contribution in [0.25, 0.3) is 0 Å². The molecule has 0 aromatic heterocycles. The summed E-state index contributed by atoms with van der Waals surface area (Å²) in [7, 11) is 0. The van der Waals surface area contributed by atoms with Gasteiger partial charge in [0.25, 0.3) is 0 Å². The van der Waals surface area contributed by atoms with Crippen LogP contribution in [0.2, 0.25) is 0 Å². The van der Waals surface area contributed by atoms with Crippen molar-refractivity contribution < 1.29 is 4.74 Å². The molecule has 1 aliphatic carbocycles. The van der Waals surface area contributed by atoms with E-state index in [9.17, 15) is 0 Å². The number of rotatable bonds is 9. The minimum atomic E-state index is 0.600. The average molecular weight is 213 g/mol. The van der Waals surface area contributed by atoms with Crippen LogP contribution in [0.3, 0.4) is 0 Å².